The Morgan fingerprint density at radius 1 is 1.43 bits per heavy atom. The van der Waals surface area contributed by atoms with Crippen LogP contribution in [-0.4, -0.2) is 62.1 Å². The van der Waals surface area contributed by atoms with Gasteiger partial charge in [0.1, 0.15) is 12.4 Å². The van der Waals surface area contributed by atoms with E-state index in [2.05, 4.69) is 0 Å². The van der Waals surface area contributed by atoms with E-state index >= 15 is 0 Å². The van der Waals surface area contributed by atoms with Crippen LogP contribution in [0.4, 0.5) is 0 Å². The molecular formula is C16H25N3O2. The number of amides is 1. The monoisotopic (exact) mass is 291 g/mol. The van der Waals surface area contributed by atoms with Crippen LogP contribution in [0.1, 0.15) is 23.2 Å². The molecule has 0 saturated carbocycles. The summed E-state index contributed by atoms with van der Waals surface area (Å²) in [5, 5.41) is 0. The van der Waals surface area contributed by atoms with Crippen molar-refractivity contribution in [2.45, 2.75) is 18.9 Å². The van der Waals surface area contributed by atoms with Gasteiger partial charge in [0.05, 0.1) is 5.56 Å². The highest BCUT2D eigenvalue weighted by Crippen LogP contribution is 2.21. The minimum Gasteiger partial charge on any atom is -0.491 e. The van der Waals surface area contributed by atoms with E-state index in [0.717, 1.165) is 25.9 Å². The molecule has 1 saturated heterocycles. The Morgan fingerprint density at radius 3 is 2.90 bits per heavy atom. The number of ether oxygens (including phenoxy) is 1. The molecule has 1 aliphatic rings. The number of hydrogen-bond acceptors (Lipinski definition) is 4. The van der Waals surface area contributed by atoms with E-state index in [9.17, 15) is 4.79 Å². The van der Waals surface area contributed by atoms with E-state index in [4.69, 9.17) is 10.5 Å². The van der Waals surface area contributed by atoms with Crippen LogP contribution < -0.4 is 10.5 Å². The average Bonchev–Trinajstić information content (AvgIpc) is 2.47. The van der Waals surface area contributed by atoms with Crippen LogP contribution in [-0.2, 0) is 0 Å². The molecule has 1 heterocycles. The third-order valence-electron chi connectivity index (χ3n) is 3.66. The quantitative estimate of drug-likeness (QED) is 0.885. The van der Waals surface area contributed by atoms with Crippen molar-refractivity contribution in [1.29, 1.82) is 0 Å². The molecule has 1 aromatic carbocycles. The molecular weight excluding hydrogens is 266 g/mol. The lowest BCUT2D eigenvalue weighted by Crippen LogP contribution is -2.45. The Kier molecular flexibility index (Phi) is 5.59. The predicted molar refractivity (Wildman–Crippen MR) is 83.6 cm³/mol. The van der Waals surface area contributed by atoms with E-state index in [0.29, 0.717) is 24.5 Å². The zero-order valence-corrected chi connectivity index (χ0v) is 12.9. The highest BCUT2D eigenvalue weighted by atomic mass is 16.5. The van der Waals surface area contributed by atoms with Gasteiger partial charge >= 0.3 is 0 Å². The second kappa shape index (κ2) is 7.43. The van der Waals surface area contributed by atoms with Gasteiger partial charge in [0.25, 0.3) is 5.91 Å². The molecule has 0 aromatic heterocycles. The molecule has 0 aliphatic carbocycles. The molecule has 1 aliphatic heterocycles. The first-order valence-corrected chi connectivity index (χ1v) is 7.49. The Labute approximate surface area is 126 Å². The molecule has 1 fully saturated rings. The van der Waals surface area contributed by atoms with Crippen molar-refractivity contribution in [3.63, 3.8) is 0 Å². The smallest absolute Gasteiger partial charge is 0.257 e. The first-order valence-electron chi connectivity index (χ1n) is 7.49. The largest absolute Gasteiger partial charge is 0.491 e. The number of hydrogen-bond donors (Lipinski definition) is 1. The summed E-state index contributed by atoms with van der Waals surface area (Å²) < 4.78 is 5.77. The lowest BCUT2D eigenvalue weighted by atomic mass is 10.0. The van der Waals surface area contributed by atoms with Crippen LogP contribution in [0.25, 0.3) is 0 Å². The molecule has 5 nitrogen and oxygen atoms in total. The lowest BCUT2D eigenvalue weighted by Gasteiger charge is -2.31. The van der Waals surface area contributed by atoms with Gasteiger partial charge in [-0.05, 0) is 39.1 Å². The third-order valence-corrected chi connectivity index (χ3v) is 3.66. The Hall–Kier alpha value is -1.59. The summed E-state index contributed by atoms with van der Waals surface area (Å²) in [6.07, 6.45) is 1.96. The fraction of sp³-hybridized carbons (Fsp3) is 0.562. The molecule has 1 amide bonds. The summed E-state index contributed by atoms with van der Waals surface area (Å²) in [5.74, 6) is 0.675. The molecule has 2 rings (SSSR count). The maximum atomic E-state index is 12.6. The van der Waals surface area contributed by atoms with E-state index in [1.807, 2.05) is 48.2 Å². The van der Waals surface area contributed by atoms with Gasteiger partial charge in [-0.15, -0.1) is 0 Å². The highest BCUT2D eigenvalue weighted by molar-refractivity contribution is 5.97. The average molecular weight is 291 g/mol. The normalized spacial score (nSPS) is 18.9. The summed E-state index contributed by atoms with van der Waals surface area (Å²) in [4.78, 5) is 16.5. The van der Waals surface area contributed by atoms with Crippen molar-refractivity contribution < 1.29 is 9.53 Å². The highest BCUT2D eigenvalue weighted by Gasteiger charge is 2.24. The molecule has 0 radical (unpaired) electrons. The summed E-state index contributed by atoms with van der Waals surface area (Å²) in [5.41, 5.74) is 6.59. The van der Waals surface area contributed by atoms with Crippen molar-refractivity contribution in [1.82, 2.24) is 9.80 Å². The maximum absolute atomic E-state index is 12.6. The van der Waals surface area contributed by atoms with Crippen LogP contribution in [0.2, 0.25) is 0 Å². The minimum absolute atomic E-state index is 0.0191. The van der Waals surface area contributed by atoms with Crippen molar-refractivity contribution in [3.05, 3.63) is 29.8 Å². The summed E-state index contributed by atoms with van der Waals surface area (Å²) in [7, 11) is 3.99. The number of benzene rings is 1. The number of likely N-dealkylation sites (tertiary alicyclic amines) is 1. The summed E-state index contributed by atoms with van der Waals surface area (Å²) >= 11 is 0. The van der Waals surface area contributed by atoms with Gasteiger partial charge in [0.15, 0.2) is 0 Å². The molecule has 2 N–H and O–H groups in total. The maximum Gasteiger partial charge on any atom is 0.257 e. The van der Waals surface area contributed by atoms with E-state index in [-0.39, 0.29) is 11.9 Å². The fourth-order valence-electron chi connectivity index (χ4n) is 2.47. The van der Waals surface area contributed by atoms with Crippen LogP contribution in [0.15, 0.2) is 24.3 Å². The van der Waals surface area contributed by atoms with Crippen molar-refractivity contribution in [3.8, 4) is 5.75 Å². The molecule has 0 unspecified atom stereocenters. The number of likely N-dealkylation sites (N-methyl/N-ethyl adjacent to an activating group) is 1. The summed E-state index contributed by atoms with van der Waals surface area (Å²) in [6.45, 7) is 2.79. The molecule has 0 spiro atoms. The zero-order chi connectivity index (χ0) is 15.2. The summed E-state index contributed by atoms with van der Waals surface area (Å²) in [6, 6.07) is 7.53. The Bertz CT molecular complexity index is 476. The van der Waals surface area contributed by atoms with Crippen LogP contribution in [0.3, 0.4) is 0 Å². The standard InChI is InChI=1S/C16H25N3O2/c1-18(2)10-11-21-15-8-4-3-7-14(15)16(20)19-9-5-6-13(17)12-19/h3-4,7-8,13H,5-6,9-12,17H2,1-2H3/t13-/m1/s1. The topological polar surface area (TPSA) is 58.8 Å². The first-order chi connectivity index (χ1) is 10.1. The van der Waals surface area contributed by atoms with Gasteiger partial charge in [-0.3, -0.25) is 4.79 Å². The van der Waals surface area contributed by atoms with Gasteiger partial charge in [-0.1, -0.05) is 12.1 Å². The van der Waals surface area contributed by atoms with Gasteiger partial charge in [0.2, 0.25) is 0 Å². The molecule has 21 heavy (non-hydrogen) atoms. The van der Waals surface area contributed by atoms with E-state index < -0.39 is 0 Å². The SMILES string of the molecule is CN(C)CCOc1ccccc1C(=O)N1CCC[C@@H](N)C1. The Balaban J connectivity index is 2.05. The van der Waals surface area contributed by atoms with Crippen LogP contribution in [0, 0.1) is 0 Å². The van der Waals surface area contributed by atoms with E-state index in [1.54, 1.807) is 0 Å². The Morgan fingerprint density at radius 2 is 2.19 bits per heavy atom. The van der Waals surface area contributed by atoms with Crippen LogP contribution >= 0.6 is 0 Å². The lowest BCUT2D eigenvalue weighted by molar-refractivity contribution is 0.0704. The second-order valence-corrected chi connectivity index (χ2v) is 5.80. The second-order valence-electron chi connectivity index (χ2n) is 5.80. The number of piperidine rings is 1. The van der Waals surface area contributed by atoms with Gasteiger partial charge in [-0.2, -0.15) is 0 Å². The molecule has 5 heteroatoms. The number of carbonyl (C=O) groups is 1. The van der Waals surface area contributed by atoms with Gasteiger partial charge < -0.3 is 20.3 Å². The molecule has 1 aromatic rings. The van der Waals surface area contributed by atoms with Gasteiger partial charge in [0, 0.05) is 25.7 Å². The zero-order valence-electron chi connectivity index (χ0n) is 12.9. The molecule has 1 atom stereocenters. The number of carbonyl (C=O) groups excluding carboxylic acids is 1. The molecule has 0 bridgehead atoms. The first kappa shape index (κ1) is 15.8. The fourth-order valence-corrected chi connectivity index (χ4v) is 2.47. The third kappa shape index (κ3) is 4.44. The molecule has 116 valence electrons. The van der Waals surface area contributed by atoms with E-state index in [1.165, 1.54) is 0 Å². The minimum atomic E-state index is 0.0191. The number of nitrogens with zero attached hydrogens (tertiary/aromatic N) is 2. The van der Waals surface area contributed by atoms with Crippen molar-refractivity contribution in [2.75, 3.05) is 40.3 Å². The van der Waals surface area contributed by atoms with Crippen LogP contribution in [0.5, 0.6) is 5.75 Å². The van der Waals surface area contributed by atoms with Gasteiger partial charge in [-0.25, -0.2) is 0 Å². The predicted octanol–water partition coefficient (Wildman–Crippen LogP) is 1.19. The number of rotatable bonds is 5. The number of nitrogens with two attached hydrogens (primary N) is 1. The van der Waals surface area contributed by atoms with Crippen molar-refractivity contribution in [2.24, 2.45) is 5.73 Å². The number of para-hydroxylation sites is 1. The van der Waals surface area contributed by atoms with Crippen molar-refractivity contribution >= 4 is 5.91 Å².